The molecule has 1 N–H and O–H groups in total. The minimum absolute atomic E-state index is 0.188. The van der Waals surface area contributed by atoms with E-state index in [4.69, 9.17) is 0 Å². The zero-order chi connectivity index (χ0) is 27.8. The van der Waals surface area contributed by atoms with Crippen molar-refractivity contribution < 1.29 is 5.11 Å². The summed E-state index contributed by atoms with van der Waals surface area (Å²) < 4.78 is 0. The standard InChI is InChI=1S/C37H39NO/c1-6-14-36(38(27(2)3)35-20-13-19-32(23-24-35)30-15-9-7-10-16-30)29(5)37(39)26-34-25-33(22-21-28(34)4)31-17-11-8-12-18-31/h6-19,21-25,27,39H,1,20,26H2,2-5H3/b36-14+,37-29-. The van der Waals surface area contributed by atoms with Gasteiger partial charge in [-0.2, -0.15) is 0 Å². The van der Waals surface area contributed by atoms with Crippen LogP contribution in [0.3, 0.4) is 0 Å². The summed E-state index contributed by atoms with van der Waals surface area (Å²) in [5.41, 5.74) is 10.00. The maximum Gasteiger partial charge on any atom is 0.102 e. The third kappa shape index (κ3) is 6.78. The summed E-state index contributed by atoms with van der Waals surface area (Å²) in [5, 5.41) is 11.5. The number of aryl methyl sites for hydroxylation is 1. The van der Waals surface area contributed by atoms with Gasteiger partial charge in [-0.3, -0.25) is 0 Å². The van der Waals surface area contributed by atoms with Crippen LogP contribution in [-0.4, -0.2) is 16.0 Å². The average molecular weight is 514 g/mol. The monoisotopic (exact) mass is 513 g/mol. The van der Waals surface area contributed by atoms with Crippen molar-refractivity contribution in [3.63, 3.8) is 0 Å². The molecule has 2 nitrogen and oxygen atoms in total. The fourth-order valence-electron chi connectivity index (χ4n) is 5.01. The lowest BCUT2D eigenvalue weighted by Crippen LogP contribution is -2.30. The second-order valence-corrected chi connectivity index (χ2v) is 10.3. The molecule has 0 amide bonds. The van der Waals surface area contributed by atoms with Crippen LogP contribution in [0.15, 0.2) is 145 Å². The van der Waals surface area contributed by atoms with Crippen LogP contribution in [0.2, 0.25) is 0 Å². The van der Waals surface area contributed by atoms with Gasteiger partial charge in [-0.15, -0.1) is 0 Å². The van der Waals surface area contributed by atoms with Crippen molar-refractivity contribution in [1.82, 2.24) is 4.90 Å². The molecule has 0 atom stereocenters. The van der Waals surface area contributed by atoms with Gasteiger partial charge in [0.05, 0.1) is 0 Å². The molecule has 3 aromatic carbocycles. The third-order valence-corrected chi connectivity index (χ3v) is 7.18. The van der Waals surface area contributed by atoms with E-state index in [9.17, 15) is 5.11 Å². The van der Waals surface area contributed by atoms with Crippen molar-refractivity contribution >= 4 is 5.57 Å². The second kappa shape index (κ2) is 13.0. The Hall–Kier alpha value is -4.30. The third-order valence-electron chi connectivity index (χ3n) is 7.18. The summed E-state index contributed by atoms with van der Waals surface area (Å²) in [6, 6.07) is 27.5. The number of aliphatic hydroxyl groups excluding tert-OH is 1. The Morgan fingerprint density at radius 3 is 2.23 bits per heavy atom. The smallest absolute Gasteiger partial charge is 0.102 e. The van der Waals surface area contributed by atoms with Crippen molar-refractivity contribution in [3.8, 4) is 11.1 Å². The molecule has 198 valence electrons. The second-order valence-electron chi connectivity index (χ2n) is 10.3. The van der Waals surface area contributed by atoms with Crippen molar-refractivity contribution in [3.05, 3.63) is 161 Å². The first-order chi connectivity index (χ1) is 18.9. The molecule has 0 saturated heterocycles. The molecule has 4 rings (SSSR count). The first-order valence-corrected chi connectivity index (χ1v) is 13.7. The number of nitrogens with zero attached hydrogens (tertiary/aromatic N) is 1. The number of aliphatic hydroxyl groups is 1. The lowest BCUT2D eigenvalue weighted by molar-refractivity contribution is 0.341. The molecule has 1 aliphatic carbocycles. The van der Waals surface area contributed by atoms with Gasteiger partial charge < -0.3 is 10.0 Å². The Bertz CT molecular complexity index is 1450. The molecule has 0 saturated carbocycles. The van der Waals surface area contributed by atoms with E-state index in [2.05, 4.69) is 123 Å². The molecule has 0 bridgehead atoms. The van der Waals surface area contributed by atoms with Gasteiger partial charge in [0.25, 0.3) is 0 Å². The largest absolute Gasteiger partial charge is 0.512 e. The van der Waals surface area contributed by atoms with Crippen LogP contribution in [0.5, 0.6) is 0 Å². The number of rotatable bonds is 9. The average Bonchev–Trinajstić information content (AvgIpc) is 3.20. The zero-order valence-electron chi connectivity index (χ0n) is 23.6. The quantitative estimate of drug-likeness (QED) is 0.227. The van der Waals surface area contributed by atoms with Gasteiger partial charge in [-0.1, -0.05) is 110 Å². The van der Waals surface area contributed by atoms with Crippen LogP contribution in [0.25, 0.3) is 16.7 Å². The van der Waals surface area contributed by atoms with Crippen LogP contribution >= 0.6 is 0 Å². The minimum atomic E-state index is 0.188. The highest BCUT2D eigenvalue weighted by Gasteiger charge is 2.21. The number of hydrogen-bond acceptors (Lipinski definition) is 2. The summed E-state index contributed by atoms with van der Waals surface area (Å²) in [4.78, 5) is 2.31. The van der Waals surface area contributed by atoms with Crippen molar-refractivity contribution in [1.29, 1.82) is 0 Å². The molecular weight excluding hydrogens is 474 g/mol. The fraction of sp³-hybridized carbons (Fsp3) is 0.189. The summed E-state index contributed by atoms with van der Waals surface area (Å²) >= 11 is 0. The number of allylic oxidation sites excluding steroid dienone is 9. The number of benzene rings is 3. The summed E-state index contributed by atoms with van der Waals surface area (Å²) in [6.07, 6.45) is 13.9. The molecule has 3 aromatic rings. The molecule has 39 heavy (non-hydrogen) atoms. The molecule has 0 unspecified atom stereocenters. The van der Waals surface area contributed by atoms with Gasteiger partial charge in [-0.25, -0.2) is 0 Å². The summed E-state index contributed by atoms with van der Waals surface area (Å²) in [7, 11) is 0. The Labute approximate surface area is 234 Å². The molecule has 0 aliphatic heterocycles. The van der Waals surface area contributed by atoms with E-state index in [0.29, 0.717) is 12.2 Å². The van der Waals surface area contributed by atoms with E-state index >= 15 is 0 Å². The van der Waals surface area contributed by atoms with E-state index in [1.54, 1.807) is 6.08 Å². The predicted octanol–water partition coefficient (Wildman–Crippen LogP) is 9.74. The van der Waals surface area contributed by atoms with Crippen LogP contribution in [0, 0.1) is 6.92 Å². The van der Waals surface area contributed by atoms with Gasteiger partial charge in [0.2, 0.25) is 0 Å². The SMILES string of the molecule is C=C/C=C(\C(C)=C(/O)Cc1cc(-c2ccccc2)ccc1C)N(C1=CC=C(c2ccccc2)C=CC1)C(C)C. The fourth-order valence-corrected chi connectivity index (χ4v) is 5.01. The first kappa shape index (κ1) is 27.7. The lowest BCUT2D eigenvalue weighted by atomic mass is 9.96. The van der Waals surface area contributed by atoms with Crippen molar-refractivity contribution in [2.24, 2.45) is 0 Å². The lowest BCUT2D eigenvalue weighted by Gasteiger charge is -2.34. The maximum absolute atomic E-state index is 11.5. The van der Waals surface area contributed by atoms with E-state index in [1.807, 2.05) is 25.1 Å². The highest BCUT2D eigenvalue weighted by atomic mass is 16.3. The Balaban J connectivity index is 1.68. The van der Waals surface area contributed by atoms with E-state index in [-0.39, 0.29) is 6.04 Å². The van der Waals surface area contributed by atoms with Gasteiger partial charge in [0, 0.05) is 35.9 Å². The molecular formula is C37H39NO. The van der Waals surface area contributed by atoms with Crippen LogP contribution in [0.4, 0.5) is 0 Å². The van der Waals surface area contributed by atoms with Crippen LogP contribution in [-0.2, 0) is 6.42 Å². The highest BCUT2D eigenvalue weighted by Crippen LogP contribution is 2.31. The van der Waals surface area contributed by atoms with E-state index in [0.717, 1.165) is 28.8 Å². The normalized spacial score (nSPS) is 14.3. The molecule has 0 spiro atoms. The first-order valence-electron chi connectivity index (χ1n) is 13.7. The van der Waals surface area contributed by atoms with Gasteiger partial charge in [0.1, 0.15) is 5.76 Å². The molecule has 0 fully saturated rings. The predicted molar refractivity (Wildman–Crippen MR) is 167 cm³/mol. The highest BCUT2D eigenvalue weighted by molar-refractivity contribution is 5.76. The van der Waals surface area contributed by atoms with Gasteiger partial charge >= 0.3 is 0 Å². The Kier molecular flexibility index (Phi) is 9.22. The molecule has 1 aliphatic rings. The van der Waals surface area contributed by atoms with E-state index < -0.39 is 0 Å². The van der Waals surface area contributed by atoms with E-state index in [1.165, 1.54) is 28.0 Å². The Morgan fingerprint density at radius 1 is 0.923 bits per heavy atom. The van der Waals surface area contributed by atoms with Crippen molar-refractivity contribution in [2.75, 3.05) is 0 Å². The van der Waals surface area contributed by atoms with Crippen LogP contribution in [0.1, 0.15) is 43.9 Å². The summed E-state index contributed by atoms with van der Waals surface area (Å²) in [5.74, 6) is 0.368. The van der Waals surface area contributed by atoms with Gasteiger partial charge in [0.15, 0.2) is 0 Å². The molecule has 0 radical (unpaired) electrons. The topological polar surface area (TPSA) is 23.5 Å². The molecule has 0 heterocycles. The number of hydrogen-bond donors (Lipinski definition) is 1. The summed E-state index contributed by atoms with van der Waals surface area (Å²) in [6.45, 7) is 12.5. The molecule has 0 aromatic heterocycles. The minimum Gasteiger partial charge on any atom is -0.512 e. The van der Waals surface area contributed by atoms with Crippen molar-refractivity contribution in [2.45, 2.75) is 46.6 Å². The van der Waals surface area contributed by atoms with Gasteiger partial charge in [-0.05, 0) is 73.2 Å². The zero-order valence-corrected chi connectivity index (χ0v) is 23.6. The molecule has 2 heteroatoms. The maximum atomic E-state index is 11.5. The Morgan fingerprint density at radius 2 is 1.59 bits per heavy atom. The van der Waals surface area contributed by atoms with Crippen LogP contribution < -0.4 is 0 Å².